The quantitative estimate of drug-likeness (QED) is 0.627. The number of aliphatic hydroxyl groups excluding tert-OH is 1. The molecule has 3 fully saturated rings. The number of urea groups is 1. The molecule has 3 saturated heterocycles. The lowest BCUT2D eigenvalue weighted by Gasteiger charge is -2.35. The first-order valence-corrected chi connectivity index (χ1v) is 8.95. The molecule has 3 aliphatic heterocycles. The van der Waals surface area contributed by atoms with Gasteiger partial charge in [-0.25, -0.2) is 4.79 Å². The summed E-state index contributed by atoms with van der Waals surface area (Å²) in [6.45, 7) is 7.70. The van der Waals surface area contributed by atoms with Gasteiger partial charge in [0.15, 0.2) is 0 Å². The van der Waals surface area contributed by atoms with Crippen LogP contribution in [0.1, 0.15) is 6.92 Å². The lowest BCUT2D eigenvalue weighted by atomic mass is 10.1. The van der Waals surface area contributed by atoms with Crippen LogP contribution in [0.2, 0.25) is 0 Å². The van der Waals surface area contributed by atoms with E-state index in [1.54, 1.807) is 11.8 Å². The number of hydrogen-bond donors (Lipinski definition) is 2. The third-order valence-corrected chi connectivity index (χ3v) is 5.15. The lowest BCUT2D eigenvalue weighted by Crippen LogP contribution is -2.54. The molecule has 9 heteroatoms. The van der Waals surface area contributed by atoms with Crippen LogP contribution in [0.5, 0.6) is 0 Å². The lowest BCUT2D eigenvalue weighted by molar-refractivity contribution is -0.130. The molecule has 0 bridgehead atoms. The summed E-state index contributed by atoms with van der Waals surface area (Å²) in [7, 11) is 0. The Kier molecular flexibility index (Phi) is 6.10. The molecule has 25 heavy (non-hydrogen) atoms. The number of carbonyl (C=O) groups is 2. The number of nitrogens with zero attached hydrogens (tertiary/aromatic N) is 3. The normalized spacial score (nSPS) is 31.2. The highest BCUT2D eigenvalue weighted by Gasteiger charge is 2.38. The van der Waals surface area contributed by atoms with E-state index in [0.29, 0.717) is 52.5 Å². The summed E-state index contributed by atoms with van der Waals surface area (Å²) in [5.74, 6) is 0.0997. The van der Waals surface area contributed by atoms with Crippen molar-refractivity contribution in [2.45, 2.75) is 25.2 Å². The van der Waals surface area contributed by atoms with Crippen LogP contribution in [0, 0.1) is 0 Å². The van der Waals surface area contributed by atoms with E-state index < -0.39 is 6.10 Å². The second-order valence-corrected chi connectivity index (χ2v) is 6.82. The molecule has 3 aliphatic rings. The standard InChI is InChI=1S/C16H28N4O5/c1-12(21)19-4-2-18(3-5-19)10-14-15(22)13(11-25-14)17-16(23)20-6-8-24-9-7-20/h13-15,22H,2-11H2,1H3,(H,17,23). The number of ether oxygens (including phenoxy) is 2. The maximum Gasteiger partial charge on any atom is 0.317 e. The number of carbonyl (C=O) groups excluding carboxylic acids is 2. The van der Waals surface area contributed by atoms with Gasteiger partial charge in [-0.2, -0.15) is 0 Å². The van der Waals surface area contributed by atoms with Gasteiger partial charge in [-0.15, -0.1) is 0 Å². The van der Waals surface area contributed by atoms with Crippen molar-refractivity contribution in [2.75, 3.05) is 65.6 Å². The van der Waals surface area contributed by atoms with Gasteiger partial charge in [0.2, 0.25) is 5.91 Å². The summed E-state index contributed by atoms with van der Waals surface area (Å²) in [4.78, 5) is 29.3. The summed E-state index contributed by atoms with van der Waals surface area (Å²) in [5.41, 5.74) is 0. The van der Waals surface area contributed by atoms with E-state index >= 15 is 0 Å². The van der Waals surface area contributed by atoms with Gasteiger partial charge in [0.25, 0.3) is 0 Å². The number of amides is 3. The van der Waals surface area contributed by atoms with Gasteiger partial charge in [-0.1, -0.05) is 0 Å². The largest absolute Gasteiger partial charge is 0.388 e. The van der Waals surface area contributed by atoms with E-state index in [9.17, 15) is 14.7 Å². The molecule has 0 aromatic rings. The highest BCUT2D eigenvalue weighted by molar-refractivity contribution is 5.74. The number of rotatable bonds is 3. The van der Waals surface area contributed by atoms with Crippen molar-refractivity contribution in [3.63, 3.8) is 0 Å². The minimum atomic E-state index is -0.726. The van der Waals surface area contributed by atoms with Crippen LogP contribution >= 0.6 is 0 Å². The highest BCUT2D eigenvalue weighted by atomic mass is 16.5. The molecule has 3 rings (SSSR count). The summed E-state index contributed by atoms with van der Waals surface area (Å²) < 4.78 is 11.0. The summed E-state index contributed by atoms with van der Waals surface area (Å²) in [6, 6.07) is -0.564. The van der Waals surface area contributed by atoms with E-state index in [2.05, 4.69) is 10.2 Å². The Morgan fingerprint density at radius 1 is 1.08 bits per heavy atom. The fourth-order valence-electron chi connectivity index (χ4n) is 3.49. The Morgan fingerprint density at radius 2 is 1.76 bits per heavy atom. The molecule has 9 nitrogen and oxygen atoms in total. The smallest absolute Gasteiger partial charge is 0.317 e. The number of nitrogens with one attached hydrogen (secondary N) is 1. The van der Waals surface area contributed by atoms with Crippen LogP contribution in [0.4, 0.5) is 4.79 Å². The number of aliphatic hydroxyl groups is 1. The Labute approximate surface area is 147 Å². The molecule has 0 saturated carbocycles. The molecule has 3 heterocycles. The monoisotopic (exact) mass is 356 g/mol. The molecule has 2 N–H and O–H groups in total. The maximum absolute atomic E-state index is 12.2. The Hall–Kier alpha value is -1.42. The Balaban J connectivity index is 1.43. The van der Waals surface area contributed by atoms with Crippen LogP contribution in [0.3, 0.4) is 0 Å². The second kappa shape index (κ2) is 8.31. The average Bonchev–Trinajstić information content (AvgIpc) is 2.96. The molecular weight excluding hydrogens is 328 g/mol. The van der Waals surface area contributed by atoms with Gasteiger partial charge in [-0.3, -0.25) is 9.69 Å². The van der Waals surface area contributed by atoms with Gasteiger partial charge in [-0.05, 0) is 0 Å². The number of morpholine rings is 1. The van der Waals surface area contributed by atoms with Crippen LogP contribution in [-0.2, 0) is 14.3 Å². The third-order valence-electron chi connectivity index (χ3n) is 5.15. The molecule has 142 valence electrons. The zero-order chi connectivity index (χ0) is 17.8. The topological polar surface area (TPSA) is 94.6 Å². The fourth-order valence-corrected chi connectivity index (χ4v) is 3.49. The van der Waals surface area contributed by atoms with Gasteiger partial charge in [0, 0.05) is 52.7 Å². The van der Waals surface area contributed by atoms with Gasteiger partial charge in [0.05, 0.1) is 32.0 Å². The molecule has 0 aromatic heterocycles. The molecular formula is C16H28N4O5. The first kappa shape index (κ1) is 18.4. The van der Waals surface area contributed by atoms with Gasteiger partial charge < -0.3 is 29.7 Å². The predicted molar refractivity (Wildman–Crippen MR) is 89.2 cm³/mol. The average molecular weight is 356 g/mol. The Morgan fingerprint density at radius 3 is 2.40 bits per heavy atom. The van der Waals surface area contributed by atoms with Crippen LogP contribution in [0.15, 0.2) is 0 Å². The fraction of sp³-hybridized carbons (Fsp3) is 0.875. The van der Waals surface area contributed by atoms with E-state index in [1.807, 2.05) is 4.90 Å². The molecule has 0 aromatic carbocycles. The first-order valence-electron chi connectivity index (χ1n) is 8.95. The highest BCUT2D eigenvalue weighted by Crippen LogP contribution is 2.17. The molecule has 0 spiro atoms. The van der Waals surface area contributed by atoms with Crippen molar-refractivity contribution in [2.24, 2.45) is 0 Å². The van der Waals surface area contributed by atoms with Gasteiger partial charge in [0.1, 0.15) is 6.10 Å². The van der Waals surface area contributed by atoms with Gasteiger partial charge >= 0.3 is 6.03 Å². The van der Waals surface area contributed by atoms with Crippen molar-refractivity contribution in [1.82, 2.24) is 20.0 Å². The number of piperazine rings is 1. The predicted octanol–water partition coefficient (Wildman–Crippen LogP) is -1.68. The molecule has 0 radical (unpaired) electrons. The summed E-state index contributed by atoms with van der Waals surface area (Å²) in [6.07, 6.45) is -1.05. The molecule has 0 aliphatic carbocycles. The molecule has 3 atom stereocenters. The van der Waals surface area contributed by atoms with Crippen molar-refractivity contribution in [1.29, 1.82) is 0 Å². The van der Waals surface area contributed by atoms with Crippen LogP contribution in [-0.4, -0.2) is 116 Å². The van der Waals surface area contributed by atoms with E-state index in [1.165, 1.54) is 0 Å². The van der Waals surface area contributed by atoms with Crippen molar-refractivity contribution < 1.29 is 24.2 Å². The first-order chi connectivity index (χ1) is 12.0. The summed E-state index contributed by atoms with van der Waals surface area (Å²) in [5, 5.41) is 13.4. The minimum absolute atomic E-state index is 0.0997. The molecule has 3 amide bonds. The number of hydrogen-bond acceptors (Lipinski definition) is 6. The third kappa shape index (κ3) is 4.60. The zero-order valence-corrected chi connectivity index (χ0v) is 14.7. The summed E-state index contributed by atoms with van der Waals surface area (Å²) >= 11 is 0. The van der Waals surface area contributed by atoms with E-state index in [4.69, 9.17) is 9.47 Å². The second-order valence-electron chi connectivity index (χ2n) is 6.82. The van der Waals surface area contributed by atoms with Crippen LogP contribution < -0.4 is 5.32 Å². The van der Waals surface area contributed by atoms with Crippen LogP contribution in [0.25, 0.3) is 0 Å². The van der Waals surface area contributed by atoms with Crippen molar-refractivity contribution in [3.8, 4) is 0 Å². The SMILES string of the molecule is CC(=O)N1CCN(CC2OCC(NC(=O)N3CCOCC3)C2O)CC1. The van der Waals surface area contributed by atoms with Crippen molar-refractivity contribution in [3.05, 3.63) is 0 Å². The van der Waals surface area contributed by atoms with E-state index in [0.717, 1.165) is 13.1 Å². The van der Waals surface area contributed by atoms with Crippen molar-refractivity contribution >= 4 is 11.9 Å². The maximum atomic E-state index is 12.2. The molecule has 3 unspecified atom stereocenters. The minimum Gasteiger partial charge on any atom is -0.388 e. The Bertz CT molecular complexity index is 477. The zero-order valence-electron chi connectivity index (χ0n) is 14.7. The van der Waals surface area contributed by atoms with E-state index in [-0.39, 0.29) is 24.1 Å².